The number of nitrogens with one attached hydrogen (secondary N) is 1. The van der Waals surface area contributed by atoms with Crippen LogP contribution in [0.25, 0.3) is 0 Å². The minimum atomic E-state index is -0.568. The molecule has 0 aliphatic rings. The van der Waals surface area contributed by atoms with Crippen LogP contribution in [-0.4, -0.2) is 18.5 Å². The van der Waals surface area contributed by atoms with Gasteiger partial charge in [-0.25, -0.2) is 4.39 Å². The van der Waals surface area contributed by atoms with Gasteiger partial charge in [0.1, 0.15) is 5.82 Å². The van der Waals surface area contributed by atoms with Gasteiger partial charge in [-0.2, -0.15) is 0 Å². The van der Waals surface area contributed by atoms with E-state index >= 15 is 0 Å². The van der Waals surface area contributed by atoms with Gasteiger partial charge in [-0.05, 0) is 30.2 Å². The van der Waals surface area contributed by atoms with Crippen LogP contribution in [0.2, 0.25) is 0 Å². The van der Waals surface area contributed by atoms with E-state index in [1.807, 2.05) is 31.2 Å². The van der Waals surface area contributed by atoms with E-state index in [0.29, 0.717) is 12.1 Å². The molecule has 5 heteroatoms. The predicted octanol–water partition coefficient (Wildman–Crippen LogP) is 2.54. The molecule has 0 aromatic heterocycles. The Labute approximate surface area is 134 Å². The summed E-state index contributed by atoms with van der Waals surface area (Å²) in [7, 11) is 0. The number of ether oxygens (including phenoxy) is 1. The van der Waals surface area contributed by atoms with Gasteiger partial charge in [0.05, 0.1) is 6.42 Å². The number of hydrogen-bond donors (Lipinski definition) is 1. The van der Waals surface area contributed by atoms with E-state index in [1.165, 1.54) is 18.2 Å². The zero-order valence-corrected chi connectivity index (χ0v) is 12.8. The Bertz CT molecular complexity index is 683. The third-order valence-corrected chi connectivity index (χ3v) is 3.21. The number of halogens is 1. The maximum Gasteiger partial charge on any atom is 0.310 e. The third-order valence-electron chi connectivity index (χ3n) is 3.21. The van der Waals surface area contributed by atoms with Crippen molar-refractivity contribution in [2.45, 2.75) is 19.9 Å². The fraction of sp³-hybridized carbons (Fsp3) is 0.222. The number of benzene rings is 2. The van der Waals surface area contributed by atoms with E-state index in [1.54, 1.807) is 6.07 Å². The van der Waals surface area contributed by atoms with Crippen molar-refractivity contribution in [2.75, 3.05) is 6.61 Å². The highest BCUT2D eigenvalue weighted by Gasteiger charge is 2.09. The molecule has 1 amide bonds. The molecule has 23 heavy (non-hydrogen) atoms. The molecule has 0 bridgehead atoms. The molecule has 0 spiro atoms. The quantitative estimate of drug-likeness (QED) is 0.834. The van der Waals surface area contributed by atoms with Crippen molar-refractivity contribution in [2.24, 2.45) is 0 Å². The molecule has 0 saturated heterocycles. The summed E-state index contributed by atoms with van der Waals surface area (Å²) in [6.45, 7) is 2.01. The summed E-state index contributed by atoms with van der Waals surface area (Å²) in [6.07, 6.45) is -0.0665. The van der Waals surface area contributed by atoms with Gasteiger partial charge in [-0.1, -0.05) is 42.0 Å². The van der Waals surface area contributed by atoms with Crippen LogP contribution < -0.4 is 5.32 Å². The van der Waals surface area contributed by atoms with E-state index < -0.39 is 11.8 Å². The van der Waals surface area contributed by atoms with Crippen molar-refractivity contribution in [1.82, 2.24) is 5.32 Å². The molecular formula is C18H18FNO3. The van der Waals surface area contributed by atoms with Crippen LogP contribution in [0, 0.1) is 12.7 Å². The Morgan fingerprint density at radius 2 is 1.83 bits per heavy atom. The summed E-state index contributed by atoms with van der Waals surface area (Å²) in [6, 6.07) is 13.5. The summed E-state index contributed by atoms with van der Waals surface area (Å²) in [5.74, 6) is -1.36. The summed E-state index contributed by atoms with van der Waals surface area (Å²) in [5, 5.41) is 2.67. The first-order valence-electron chi connectivity index (χ1n) is 7.25. The lowest BCUT2D eigenvalue weighted by Gasteiger charge is -2.07. The van der Waals surface area contributed by atoms with E-state index in [2.05, 4.69) is 5.32 Å². The summed E-state index contributed by atoms with van der Waals surface area (Å²) in [5.41, 5.74) is 2.62. The molecule has 2 aromatic carbocycles. The van der Waals surface area contributed by atoms with Crippen LogP contribution >= 0.6 is 0 Å². The monoisotopic (exact) mass is 315 g/mol. The zero-order valence-electron chi connectivity index (χ0n) is 12.8. The van der Waals surface area contributed by atoms with Gasteiger partial charge in [0.25, 0.3) is 5.91 Å². The molecule has 0 heterocycles. The van der Waals surface area contributed by atoms with Crippen molar-refractivity contribution in [3.63, 3.8) is 0 Å². The predicted molar refractivity (Wildman–Crippen MR) is 84.1 cm³/mol. The van der Waals surface area contributed by atoms with Gasteiger partial charge < -0.3 is 10.1 Å². The van der Waals surface area contributed by atoms with Gasteiger partial charge in [0.2, 0.25) is 0 Å². The zero-order chi connectivity index (χ0) is 16.7. The lowest BCUT2D eigenvalue weighted by molar-refractivity contribution is -0.147. The molecule has 0 aliphatic heterocycles. The number of carbonyl (C=O) groups is 2. The fourth-order valence-corrected chi connectivity index (χ4v) is 1.97. The van der Waals surface area contributed by atoms with Gasteiger partial charge >= 0.3 is 5.97 Å². The smallest absolute Gasteiger partial charge is 0.310 e. The Hall–Kier alpha value is -2.69. The van der Waals surface area contributed by atoms with Gasteiger partial charge in [0.15, 0.2) is 6.61 Å². The van der Waals surface area contributed by atoms with Gasteiger partial charge in [0, 0.05) is 6.54 Å². The Balaban J connectivity index is 1.71. The second-order valence-corrected chi connectivity index (χ2v) is 5.23. The van der Waals surface area contributed by atoms with E-state index in [0.717, 1.165) is 11.1 Å². The third kappa shape index (κ3) is 5.90. The van der Waals surface area contributed by atoms with Crippen molar-refractivity contribution < 1.29 is 18.7 Å². The normalized spacial score (nSPS) is 10.2. The second-order valence-electron chi connectivity index (χ2n) is 5.23. The number of hydrogen-bond acceptors (Lipinski definition) is 3. The van der Waals surface area contributed by atoms with Crippen LogP contribution in [-0.2, 0) is 27.3 Å². The van der Waals surface area contributed by atoms with Crippen LogP contribution in [0.5, 0.6) is 0 Å². The Kier molecular flexibility index (Phi) is 5.86. The van der Waals surface area contributed by atoms with E-state index in [4.69, 9.17) is 4.74 Å². The molecule has 120 valence electrons. The van der Waals surface area contributed by atoms with Crippen molar-refractivity contribution >= 4 is 11.9 Å². The van der Waals surface area contributed by atoms with Crippen LogP contribution in [0.3, 0.4) is 0 Å². The highest BCUT2D eigenvalue weighted by Crippen LogP contribution is 2.05. The Morgan fingerprint density at radius 1 is 1.09 bits per heavy atom. The highest BCUT2D eigenvalue weighted by atomic mass is 19.1. The molecule has 0 unspecified atom stereocenters. The van der Waals surface area contributed by atoms with Gasteiger partial charge in [-0.3, -0.25) is 9.59 Å². The standard InChI is InChI=1S/C18H18FNO3/c1-13-5-7-14(8-6-13)11-20-17(21)12-23-18(22)10-15-3-2-4-16(19)9-15/h2-9H,10-12H2,1H3,(H,20,21). The molecule has 0 fully saturated rings. The first kappa shape index (κ1) is 16.7. The number of esters is 1. The fourth-order valence-electron chi connectivity index (χ4n) is 1.97. The van der Waals surface area contributed by atoms with Crippen molar-refractivity contribution in [1.29, 1.82) is 0 Å². The van der Waals surface area contributed by atoms with Crippen LogP contribution in [0.15, 0.2) is 48.5 Å². The molecule has 2 rings (SSSR count). The average Bonchev–Trinajstić information content (AvgIpc) is 2.52. The molecule has 0 aliphatic carbocycles. The van der Waals surface area contributed by atoms with E-state index in [9.17, 15) is 14.0 Å². The number of amides is 1. The largest absolute Gasteiger partial charge is 0.455 e. The van der Waals surface area contributed by atoms with E-state index in [-0.39, 0.29) is 18.9 Å². The molecule has 0 saturated carbocycles. The topological polar surface area (TPSA) is 55.4 Å². The van der Waals surface area contributed by atoms with Gasteiger partial charge in [-0.15, -0.1) is 0 Å². The minimum absolute atomic E-state index is 0.0665. The number of rotatable bonds is 6. The Morgan fingerprint density at radius 3 is 2.52 bits per heavy atom. The number of carbonyl (C=O) groups excluding carboxylic acids is 2. The minimum Gasteiger partial charge on any atom is -0.455 e. The summed E-state index contributed by atoms with van der Waals surface area (Å²) in [4.78, 5) is 23.3. The molecule has 1 N–H and O–H groups in total. The molecule has 4 nitrogen and oxygen atoms in total. The molecule has 0 radical (unpaired) electrons. The first-order valence-corrected chi connectivity index (χ1v) is 7.25. The first-order chi connectivity index (χ1) is 11.0. The van der Waals surface area contributed by atoms with Crippen molar-refractivity contribution in [3.8, 4) is 0 Å². The van der Waals surface area contributed by atoms with Crippen LogP contribution in [0.4, 0.5) is 4.39 Å². The SMILES string of the molecule is Cc1ccc(CNC(=O)COC(=O)Cc2cccc(F)c2)cc1. The molecule has 0 atom stereocenters. The summed E-state index contributed by atoms with van der Waals surface area (Å²) >= 11 is 0. The average molecular weight is 315 g/mol. The maximum absolute atomic E-state index is 13.0. The molecular weight excluding hydrogens is 297 g/mol. The number of aryl methyl sites for hydroxylation is 1. The van der Waals surface area contributed by atoms with Crippen molar-refractivity contribution in [3.05, 3.63) is 71.0 Å². The maximum atomic E-state index is 13.0. The second kappa shape index (κ2) is 8.08. The highest BCUT2D eigenvalue weighted by molar-refractivity contribution is 5.81. The molecule has 2 aromatic rings. The summed E-state index contributed by atoms with van der Waals surface area (Å²) < 4.78 is 17.9. The lowest BCUT2D eigenvalue weighted by Crippen LogP contribution is -2.28. The lowest BCUT2D eigenvalue weighted by atomic mass is 10.1. The van der Waals surface area contributed by atoms with Crippen LogP contribution in [0.1, 0.15) is 16.7 Å².